The number of nitrogens with one attached hydrogen (secondary N) is 2. The van der Waals surface area contributed by atoms with Crippen LogP contribution in [0.15, 0.2) is 53.5 Å². The van der Waals surface area contributed by atoms with Gasteiger partial charge in [-0.2, -0.15) is 0 Å². The van der Waals surface area contributed by atoms with Crippen molar-refractivity contribution < 1.29 is 9.18 Å². The summed E-state index contributed by atoms with van der Waals surface area (Å²) >= 11 is 0. The number of guanidine groups is 1. The van der Waals surface area contributed by atoms with E-state index in [4.69, 9.17) is 0 Å². The van der Waals surface area contributed by atoms with Crippen LogP contribution in [0.1, 0.15) is 29.3 Å². The quantitative estimate of drug-likeness (QED) is 0.347. The normalized spacial score (nSPS) is 11.2. The number of halogens is 1. The van der Waals surface area contributed by atoms with Crippen LogP contribution < -0.4 is 15.5 Å². The highest BCUT2D eigenvalue weighted by Gasteiger charge is 2.08. The minimum Gasteiger partial charge on any atom is -0.374 e. The summed E-state index contributed by atoms with van der Waals surface area (Å²) in [7, 11) is 5.47. The molecule has 2 rings (SSSR count). The Morgan fingerprint density at radius 3 is 2.55 bits per heavy atom. The van der Waals surface area contributed by atoms with Crippen LogP contribution in [0.25, 0.3) is 0 Å². The Kier molecular flexibility index (Phi) is 9.81. The van der Waals surface area contributed by atoms with Crippen molar-refractivity contribution in [2.45, 2.75) is 19.8 Å². The lowest BCUT2D eigenvalue weighted by Crippen LogP contribution is -2.38. The second-order valence-corrected chi connectivity index (χ2v) is 7.59. The monoisotopic (exact) mass is 427 g/mol. The third-order valence-electron chi connectivity index (χ3n) is 4.80. The first-order valence-corrected chi connectivity index (χ1v) is 10.7. The van der Waals surface area contributed by atoms with E-state index in [0.717, 1.165) is 43.1 Å². The van der Waals surface area contributed by atoms with Gasteiger partial charge in [0.15, 0.2) is 5.96 Å². The molecule has 0 unspecified atom stereocenters. The number of nitrogens with zero attached hydrogens (tertiary/aromatic N) is 3. The molecule has 6 nitrogen and oxygen atoms in total. The molecule has 168 valence electrons. The number of carbonyl (C=O) groups is 1. The molecule has 1 amide bonds. The average Bonchev–Trinajstić information content (AvgIpc) is 2.76. The second kappa shape index (κ2) is 12.6. The van der Waals surface area contributed by atoms with E-state index in [9.17, 15) is 9.18 Å². The molecule has 2 aromatic carbocycles. The maximum atomic E-state index is 13.4. The van der Waals surface area contributed by atoms with Crippen LogP contribution >= 0.6 is 0 Å². The molecule has 0 bridgehead atoms. The maximum Gasteiger partial charge on any atom is 0.253 e. The number of hydrogen-bond donors (Lipinski definition) is 2. The summed E-state index contributed by atoms with van der Waals surface area (Å²) in [6.45, 7) is 4.99. The maximum absolute atomic E-state index is 13.4. The molecular weight excluding hydrogens is 393 g/mol. The summed E-state index contributed by atoms with van der Waals surface area (Å²) in [6.07, 6.45) is 1.65. The van der Waals surface area contributed by atoms with E-state index in [1.165, 1.54) is 12.1 Å². The lowest BCUT2D eigenvalue weighted by Gasteiger charge is -2.19. The van der Waals surface area contributed by atoms with Crippen LogP contribution in [-0.4, -0.2) is 64.1 Å². The van der Waals surface area contributed by atoms with Gasteiger partial charge in [-0.3, -0.25) is 9.79 Å². The number of carbonyl (C=O) groups excluding carboxylic acids is 1. The molecule has 0 aliphatic carbocycles. The van der Waals surface area contributed by atoms with E-state index in [0.29, 0.717) is 18.7 Å². The standard InChI is InChI=1S/C24H34FN5O/c1-5-26-24(27-14-8-16-30(4)22-12-7-11-21(25)18-22)28-15-13-19-9-6-10-20(17-19)23(31)29(2)3/h6-7,9-12,17-18H,5,8,13-16H2,1-4H3,(H2,26,27,28). The highest BCUT2D eigenvalue weighted by atomic mass is 19.1. The molecule has 0 atom stereocenters. The Morgan fingerprint density at radius 2 is 1.84 bits per heavy atom. The van der Waals surface area contributed by atoms with Crippen LogP contribution in [0, 0.1) is 5.82 Å². The molecule has 0 aliphatic heterocycles. The van der Waals surface area contributed by atoms with Crippen molar-refractivity contribution in [2.24, 2.45) is 4.99 Å². The molecule has 0 radical (unpaired) electrons. The molecule has 0 aromatic heterocycles. The first-order chi connectivity index (χ1) is 14.9. The van der Waals surface area contributed by atoms with Gasteiger partial charge in [0.25, 0.3) is 5.91 Å². The van der Waals surface area contributed by atoms with Gasteiger partial charge in [0.05, 0.1) is 0 Å². The average molecular weight is 428 g/mol. The molecule has 31 heavy (non-hydrogen) atoms. The lowest BCUT2D eigenvalue weighted by atomic mass is 10.1. The zero-order valence-electron chi connectivity index (χ0n) is 19.0. The zero-order chi connectivity index (χ0) is 22.6. The minimum atomic E-state index is -0.224. The summed E-state index contributed by atoms with van der Waals surface area (Å²) in [5.74, 6) is 0.557. The van der Waals surface area contributed by atoms with Crippen LogP contribution in [0.5, 0.6) is 0 Å². The molecule has 0 saturated carbocycles. The van der Waals surface area contributed by atoms with E-state index in [-0.39, 0.29) is 11.7 Å². The number of hydrogen-bond acceptors (Lipinski definition) is 3. The highest BCUT2D eigenvalue weighted by molar-refractivity contribution is 5.94. The predicted molar refractivity (Wildman–Crippen MR) is 126 cm³/mol. The van der Waals surface area contributed by atoms with E-state index in [1.807, 2.05) is 49.2 Å². The summed E-state index contributed by atoms with van der Waals surface area (Å²) in [5.41, 5.74) is 2.67. The van der Waals surface area contributed by atoms with Gasteiger partial charge in [0.2, 0.25) is 0 Å². The van der Waals surface area contributed by atoms with Crippen LogP contribution in [-0.2, 0) is 6.42 Å². The van der Waals surface area contributed by atoms with Gasteiger partial charge in [-0.1, -0.05) is 18.2 Å². The SMILES string of the molecule is CCNC(=NCCCN(C)c1cccc(F)c1)NCCc1cccc(C(=O)N(C)C)c1. The Balaban J connectivity index is 1.81. The van der Waals surface area contributed by atoms with E-state index < -0.39 is 0 Å². The highest BCUT2D eigenvalue weighted by Crippen LogP contribution is 2.13. The van der Waals surface area contributed by atoms with Crippen molar-refractivity contribution in [3.05, 3.63) is 65.5 Å². The first kappa shape index (κ1) is 24.2. The summed E-state index contributed by atoms with van der Waals surface area (Å²) in [5, 5.41) is 6.60. The minimum absolute atomic E-state index is 0.00733. The summed E-state index contributed by atoms with van der Waals surface area (Å²) < 4.78 is 13.4. The van der Waals surface area contributed by atoms with E-state index >= 15 is 0 Å². The van der Waals surface area contributed by atoms with Gasteiger partial charge in [-0.25, -0.2) is 4.39 Å². The third kappa shape index (κ3) is 8.28. The van der Waals surface area contributed by atoms with Crippen LogP contribution in [0.3, 0.4) is 0 Å². The molecule has 0 spiro atoms. The first-order valence-electron chi connectivity index (χ1n) is 10.7. The smallest absolute Gasteiger partial charge is 0.253 e. The number of aliphatic imine (C=N–C) groups is 1. The number of amides is 1. The fraction of sp³-hybridized carbons (Fsp3) is 0.417. The number of rotatable bonds is 10. The zero-order valence-corrected chi connectivity index (χ0v) is 19.0. The molecule has 2 aromatic rings. The lowest BCUT2D eigenvalue weighted by molar-refractivity contribution is 0.0827. The van der Waals surface area contributed by atoms with Crippen molar-refractivity contribution in [2.75, 3.05) is 52.2 Å². The fourth-order valence-corrected chi connectivity index (χ4v) is 3.13. The van der Waals surface area contributed by atoms with Gasteiger partial charge in [-0.15, -0.1) is 0 Å². The van der Waals surface area contributed by atoms with Gasteiger partial charge in [0.1, 0.15) is 5.82 Å². The molecular formula is C24H34FN5O. The van der Waals surface area contributed by atoms with Crippen molar-refractivity contribution >= 4 is 17.6 Å². The van der Waals surface area contributed by atoms with Gasteiger partial charge in [-0.05, 0) is 55.7 Å². The Labute approximate surface area is 185 Å². The van der Waals surface area contributed by atoms with Crippen molar-refractivity contribution in [1.82, 2.24) is 15.5 Å². The summed E-state index contributed by atoms with van der Waals surface area (Å²) in [6, 6.07) is 14.3. The summed E-state index contributed by atoms with van der Waals surface area (Å²) in [4.78, 5) is 20.4. The van der Waals surface area contributed by atoms with Gasteiger partial charge >= 0.3 is 0 Å². The molecule has 0 aliphatic rings. The third-order valence-corrected chi connectivity index (χ3v) is 4.80. The Bertz CT molecular complexity index is 869. The van der Waals surface area contributed by atoms with Crippen molar-refractivity contribution in [1.29, 1.82) is 0 Å². The molecule has 7 heteroatoms. The van der Waals surface area contributed by atoms with Crippen molar-refractivity contribution in [3.63, 3.8) is 0 Å². The fourth-order valence-electron chi connectivity index (χ4n) is 3.13. The van der Waals surface area contributed by atoms with E-state index in [1.54, 1.807) is 25.1 Å². The van der Waals surface area contributed by atoms with Gasteiger partial charge < -0.3 is 20.4 Å². The molecule has 0 saturated heterocycles. The molecule has 2 N–H and O–H groups in total. The Hall–Kier alpha value is -3.09. The van der Waals surface area contributed by atoms with Crippen LogP contribution in [0.4, 0.5) is 10.1 Å². The van der Waals surface area contributed by atoms with Gasteiger partial charge in [0, 0.05) is 58.6 Å². The van der Waals surface area contributed by atoms with E-state index in [2.05, 4.69) is 15.6 Å². The second-order valence-electron chi connectivity index (χ2n) is 7.59. The van der Waals surface area contributed by atoms with Crippen LogP contribution in [0.2, 0.25) is 0 Å². The number of benzene rings is 2. The Morgan fingerprint density at radius 1 is 1.06 bits per heavy atom. The van der Waals surface area contributed by atoms with Crippen molar-refractivity contribution in [3.8, 4) is 0 Å². The predicted octanol–water partition coefficient (Wildman–Crippen LogP) is 3.15. The molecule has 0 heterocycles. The largest absolute Gasteiger partial charge is 0.374 e. The molecule has 0 fully saturated rings. The number of anilines is 1. The topological polar surface area (TPSA) is 60.0 Å².